The third-order valence-corrected chi connectivity index (χ3v) is 6.83. The van der Waals surface area contributed by atoms with Crippen LogP contribution in [-0.4, -0.2) is 51.3 Å². The summed E-state index contributed by atoms with van der Waals surface area (Å²) >= 11 is 0. The first kappa shape index (κ1) is 22.8. The molecule has 2 fully saturated rings. The molecule has 32 heavy (non-hydrogen) atoms. The number of carboxylic acid groups (broad SMARTS) is 1. The molecule has 0 bridgehead atoms. The summed E-state index contributed by atoms with van der Waals surface area (Å²) in [4.78, 5) is 11.9. The van der Waals surface area contributed by atoms with Gasteiger partial charge in [-0.25, -0.2) is 4.79 Å². The first-order chi connectivity index (χ1) is 15.5. The maximum absolute atomic E-state index is 11.9. The minimum absolute atomic E-state index is 0.0599. The summed E-state index contributed by atoms with van der Waals surface area (Å²) in [5.41, 5.74) is 0.567. The van der Waals surface area contributed by atoms with E-state index >= 15 is 0 Å². The maximum Gasteiger partial charge on any atom is 0.344 e. The molecule has 174 valence electrons. The third-order valence-electron chi connectivity index (χ3n) is 6.83. The van der Waals surface area contributed by atoms with Crippen LogP contribution in [-0.2, 0) is 9.53 Å². The van der Waals surface area contributed by atoms with Gasteiger partial charge in [-0.05, 0) is 54.2 Å². The smallest absolute Gasteiger partial charge is 0.344 e. The van der Waals surface area contributed by atoms with Crippen LogP contribution < -0.4 is 4.74 Å². The molecule has 2 aromatic rings. The quantitative estimate of drug-likeness (QED) is 0.511. The van der Waals surface area contributed by atoms with Crippen molar-refractivity contribution in [1.82, 2.24) is 0 Å². The highest BCUT2D eigenvalue weighted by atomic mass is 16.5. The maximum atomic E-state index is 11.9. The lowest BCUT2D eigenvalue weighted by atomic mass is 9.85. The summed E-state index contributed by atoms with van der Waals surface area (Å²) in [6.07, 6.45) is 4.13. The van der Waals surface area contributed by atoms with Gasteiger partial charge in [0.15, 0.2) is 6.10 Å². The van der Waals surface area contributed by atoms with Gasteiger partial charge in [0.2, 0.25) is 0 Å². The molecule has 0 spiro atoms. The van der Waals surface area contributed by atoms with Gasteiger partial charge in [-0.2, -0.15) is 0 Å². The van der Waals surface area contributed by atoms with E-state index in [0.717, 1.165) is 31.1 Å². The Hall–Kier alpha value is -2.35. The predicted molar refractivity (Wildman–Crippen MR) is 119 cm³/mol. The fraction of sp³-hybridized carbons (Fsp3) is 0.560. The Morgan fingerprint density at radius 1 is 1.09 bits per heavy atom. The summed E-state index contributed by atoms with van der Waals surface area (Å²) in [6.45, 7) is -0.307. The SMILES string of the molecule is O=C(O)C(CC1CCCCC1)Oc1ccc2ccc(O)c(C3CCC(O)[C@@H](CO)O3)c2c1. The number of rotatable bonds is 7. The average Bonchev–Trinajstić information content (AvgIpc) is 2.80. The number of hydrogen-bond donors (Lipinski definition) is 4. The summed E-state index contributed by atoms with van der Waals surface area (Å²) < 4.78 is 11.8. The monoisotopic (exact) mass is 444 g/mol. The molecule has 0 amide bonds. The van der Waals surface area contributed by atoms with Gasteiger partial charge in [0.05, 0.1) is 18.8 Å². The van der Waals surface area contributed by atoms with Gasteiger partial charge in [-0.1, -0.05) is 44.2 Å². The number of ether oxygens (including phenoxy) is 2. The molecule has 2 aromatic carbocycles. The van der Waals surface area contributed by atoms with E-state index in [1.54, 1.807) is 24.3 Å². The van der Waals surface area contributed by atoms with Crippen molar-refractivity contribution in [2.45, 2.75) is 75.8 Å². The normalized spacial score (nSPS) is 25.5. The topological polar surface area (TPSA) is 116 Å². The minimum Gasteiger partial charge on any atom is -0.508 e. The number of fused-ring (bicyclic) bond motifs is 1. The van der Waals surface area contributed by atoms with Crippen LogP contribution in [0.3, 0.4) is 0 Å². The van der Waals surface area contributed by atoms with Crippen LogP contribution in [0.1, 0.15) is 63.0 Å². The van der Waals surface area contributed by atoms with E-state index in [2.05, 4.69) is 0 Å². The molecule has 7 nitrogen and oxygen atoms in total. The van der Waals surface area contributed by atoms with Crippen molar-refractivity contribution in [2.24, 2.45) is 5.92 Å². The number of benzene rings is 2. The minimum atomic E-state index is -0.970. The number of aliphatic hydroxyl groups is 2. The average molecular weight is 445 g/mol. The zero-order chi connectivity index (χ0) is 22.7. The zero-order valence-electron chi connectivity index (χ0n) is 18.2. The van der Waals surface area contributed by atoms with Gasteiger partial charge in [-0.3, -0.25) is 0 Å². The molecule has 0 aromatic heterocycles. The Balaban J connectivity index is 1.61. The van der Waals surface area contributed by atoms with Gasteiger partial charge in [0.1, 0.15) is 17.6 Å². The number of hydrogen-bond acceptors (Lipinski definition) is 6. The lowest BCUT2D eigenvalue weighted by Crippen LogP contribution is -2.38. The molecule has 4 N–H and O–H groups in total. The Morgan fingerprint density at radius 3 is 2.56 bits per heavy atom. The van der Waals surface area contributed by atoms with Crippen LogP contribution >= 0.6 is 0 Å². The second-order valence-corrected chi connectivity index (χ2v) is 9.06. The van der Waals surface area contributed by atoms with Gasteiger partial charge in [0.25, 0.3) is 0 Å². The van der Waals surface area contributed by atoms with Gasteiger partial charge in [0, 0.05) is 5.56 Å². The number of aromatic hydroxyl groups is 1. The van der Waals surface area contributed by atoms with Gasteiger partial charge < -0.3 is 29.9 Å². The predicted octanol–water partition coefficient (Wildman–Crippen LogP) is 3.92. The van der Waals surface area contributed by atoms with Crippen LogP contribution in [0.15, 0.2) is 30.3 Å². The molecule has 7 heteroatoms. The van der Waals surface area contributed by atoms with Crippen LogP contribution in [0.4, 0.5) is 0 Å². The first-order valence-electron chi connectivity index (χ1n) is 11.6. The second-order valence-electron chi connectivity index (χ2n) is 9.06. The van der Waals surface area contributed by atoms with E-state index in [4.69, 9.17) is 9.47 Å². The highest BCUT2D eigenvalue weighted by Crippen LogP contribution is 2.41. The van der Waals surface area contributed by atoms with Crippen LogP contribution in [0.25, 0.3) is 10.8 Å². The number of phenols is 1. The molecular formula is C25H32O7. The van der Waals surface area contributed by atoms with Crippen molar-refractivity contribution in [1.29, 1.82) is 0 Å². The molecule has 1 aliphatic carbocycles. The van der Waals surface area contributed by atoms with Crippen molar-refractivity contribution in [2.75, 3.05) is 6.61 Å². The van der Waals surface area contributed by atoms with E-state index in [-0.39, 0.29) is 12.4 Å². The molecular weight excluding hydrogens is 412 g/mol. The Labute approximate surface area is 187 Å². The van der Waals surface area contributed by atoms with Crippen LogP contribution in [0.5, 0.6) is 11.5 Å². The summed E-state index contributed by atoms with van der Waals surface area (Å²) in [5, 5.41) is 41.5. The molecule has 1 saturated carbocycles. The molecule has 3 unspecified atom stereocenters. The summed E-state index contributed by atoms with van der Waals surface area (Å²) in [5.74, 6) is -0.114. The number of aliphatic carboxylic acids is 1. The number of aliphatic hydroxyl groups excluding tert-OH is 2. The summed E-state index contributed by atoms with van der Waals surface area (Å²) in [7, 11) is 0. The standard InChI is InChI=1S/C25H32O7/c26-14-23-19(27)10-11-21(32-23)24-18-13-17(8-6-16(18)7-9-20(24)28)31-22(25(29)30)12-15-4-2-1-3-5-15/h6-9,13,15,19,21-23,26-28H,1-5,10-12,14H2,(H,29,30)/t19?,21?,22?,23-/m1/s1. The highest BCUT2D eigenvalue weighted by Gasteiger charge is 2.32. The molecule has 1 aliphatic heterocycles. The van der Waals surface area contributed by atoms with Gasteiger partial charge >= 0.3 is 5.97 Å². The Morgan fingerprint density at radius 2 is 1.84 bits per heavy atom. The van der Waals surface area contributed by atoms with Crippen molar-refractivity contribution < 1.29 is 34.7 Å². The lowest BCUT2D eigenvalue weighted by Gasteiger charge is -2.34. The molecule has 1 saturated heterocycles. The molecule has 0 radical (unpaired) electrons. The third kappa shape index (κ3) is 5.00. The molecule has 4 atom stereocenters. The second kappa shape index (κ2) is 10.1. The highest BCUT2D eigenvalue weighted by molar-refractivity contribution is 5.89. The van der Waals surface area contributed by atoms with Crippen molar-refractivity contribution in [3.8, 4) is 11.5 Å². The Kier molecular flexibility index (Phi) is 7.18. The largest absolute Gasteiger partial charge is 0.508 e. The van der Waals surface area contributed by atoms with E-state index in [9.17, 15) is 25.2 Å². The Bertz CT molecular complexity index is 937. The van der Waals surface area contributed by atoms with E-state index in [0.29, 0.717) is 41.9 Å². The molecule has 1 heterocycles. The number of phenolic OH excluding ortho intramolecular Hbond substituents is 1. The van der Waals surface area contributed by atoms with E-state index < -0.39 is 30.4 Å². The van der Waals surface area contributed by atoms with Crippen molar-refractivity contribution >= 4 is 16.7 Å². The van der Waals surface area contributed by atoms with Gasteiger partial charge in [-0.15, -0.1) is 0 Å². The van der Waals surface area contributed by atoms with E-state index in [1.165, 1.54) is 6.42 Å². The number of carbonyl (C=O) groups is 1. The summed E-state index contributed by atoms with van der Waals surface area (Å²) in [6, 6.07) is 8.74. The fourth-order valence-corrected chi connectivity index (χ4v) is 5.07. The molecule has 4 rings (SSSR count). The lowest BCUT2D eigenvalue weighted by molar-refractivity contribution is -0.146. The first-order valence-corrected chi connectivity index (χ1v) is 11.6. The van der Waals surface area contributed by atoms with Crippen LogP contribution in [0.2, 0.25) is 0 Å². The fourth-order valence-electron chi connectivity index (χ4n) is 5.07. The zero-order valence-corrected chi connectivity index (χ0v) is 18.2. The molecule has 2 aliphatic rings. The number of carboxylic acids is 1. The van der Waals surface area contributed by atoms with Crippen molar-refractivity contribution in [3.63, 3.8) is 0 Å². The van der Waals surface area contributed by atoms with Crippen LogP contribution in [0, 0.1) is 5.92 Å². The van der Waals surface area contributed by atoms with E-state index in [1.807, 2.05) is 6.07 Å². The van der Waals surface area contributed by atoms with Crippen molar-refractivity contribution in [3.05, 3.63) is 35.9 Å².